The summed E-state index contributed by atoms with van der Waals surface area (Å²) in [4.78, 5) is 16.9. The number of hydrogen-bond donors (Lipinski definition) is 0. The van der Waals surface area contributed by atoms with Crippen LogP contribution in [-0.2, 0) is 32.4 Å². The van der Waals surface area contributed by atoms with Gasteiger partial charge in [-0.1, -0.05) is 82.3 Å². The van der Waals surface area contributed by atoms with Gasteiger partial charge in [-0.15, -0.1) is 11.3 Å². The SMILES string of the molecule is CCCN(CC(=O)N1CCc2sccc2C1c1ccc(C(C)(C)C)cc1)S(=O)(=O)Cc1ccccc1. The Morgan fingerprint density at radius 3 is 2.39 bits per heavy atom. The van der Waals surface area contributed by atoms with Gasteiger partial charge in [0.15, 0.2) is 0 Å². The highest BCUT2D eigenvalue weighted by Crippen LogP contribution is 2.38. The van der Waals surface area contributed by atoms with Crippen molar-refractivity contribution in [2.75, 3.05) is 19.6 Å². The van der Waals surface area contributed by atoms with Crippen molar-refractivity contribution in [1.82, 2.24) is 9.21 Å². The number of rotatable bonds is 8. The Bertz CT molecular complexity index is 1280. The van der Waals surface area contributed by atoms with E-state index in [0.717, 1.165) is 23.1 Å². The molecule has 7 heteroatoms. The number of fused-ring (bicyclic) bond motifs is 1. The predicted molar refractivity (Wildman–Crippen MR) is 148 cm³/mol. The fourth-order valence-electron chi connectivity index (χ4n) is 4.79. The monoisotopic (exact) mass is 524 g/mol. The second-order valence-corrected chi connectivity index (χ2v) is 13.5. The third-order valence-corrected chi connectivity index (χ3v) is 9.54. The zero-order valence-electron chi connectivity index (χ0n) is 21.6. The molecule has 5 nitrogen and oxygen atoms in total. The first kappa shape index (κ1) is 26.6. The molecule has 0 saturated heterocycles. The lowest BCUT2D eigenvalue weighted by atomic mass is 9.85. The standard InChI is InChI=1S/C29H36N2O3S2/c1-5-17-30(36(33,34)21-22-9-7-6-8-10-22)20-27(32)31-18-15-26-25(16-19-35-26)28(31)23-11-13-24(14-12-23)29(2,3)4/h6-14,16,19,28H,5,15,17-18,20-21H2,1-4H3. The van der Waals surface area contributed by atoms with Gasteiger partial charge in [-0.25, -0.2) is 8.42 Å². The highest BCUT2D eigenvalue weighted by molar-refractivity contribution is 7.88. The van der Waals surface area contributed by atoms with Gasteiger partial charge >= 0.3 is 0 Å². The van der Waals surface area contributed by atoms with Gasteiger partial charge in [0.1, 0.15) is 0 Å². The molecule has 0 saturated carbocycles. The summed E-state index contributed by atoms with van der Waals surface area (Å²) in [6, 6.07) is 19.6. The van der Waals surface area contributed by atoms with Crippen LogP contribution in [0.1, 0.15) is 67.3 Å². The summed E-state index contributed by atoms with van der Waals surface area (Å²) in [5.74, 6) is -0.255. The van der Waals surface area contributed by atoms with Crippen molar-refractivity contribution in [2.24, 2.45) is 0 Å². The Kier molecular flexibility index (Phi) is 8.03. The maximum absolute atomic E-state index is 13.7. The molecule has 1 atom stereocenters. The van der Waals surface area contributed by atoms with Crippen LogP contribution in [0.3, 0.4) is 0 Å². The Hall–Kier alpha value is -2.48. The number of benzene rings is 2. The molecular formula is C29H36N2O3S2. The minimum Gasteiger partial charge on any atom is -0.330 e. The summed E-state index contributed by atoms with van der Waals surface area (Å²) in [7, 11) is -3.64. The topological polar surface area (TPSA) is 57.7 Å². The molecule has 3 aromatic rings. The normalized spacial score (nSPS) is 16.2. The quantitative estimate of drug-likeness (QED) is 0.376. The van der Waals surface area contributed by atoms with E-state index in [-0.39, 0.29) is 29.7 Å². The van der Waals surface area contributed by atoms with Gasteiger partial charge in [-0.05, 0) is 52.0 Å². The molecule has 36 heavy (non-hydrogen) atoms. The molecule has 0 radical (unpaired) electrons. The number of hydrogen-bond acceptors (Lipinski definition) is 4. The van der Waals surface area contributed by atoms with E-state index in [2.05, 4.69) is 56.5 Å². The first-order valence-corrected chi connectivity index (χ1v) is 15.1. The Morgan fingerprint density at radius 2 is 1.75 bits per heavy atom. The number of amides is 1. The van der Waals surface area contributed by atoms with Crippen molar-refractivity contribution >= 4 is 27.3 Å². The second kappa shape index (κ2) is 10.9. The van der Waals surface area contributed by atoms with Gasteiger partial charge in [0.2, 0.25) is 15.9 Å². The molecule has 1 aromatic heterocycles. The Balaban J connectivity index is 1.61. The van der Waals surface area contributed by atoms with Crippen LogP contribution in [0.4, 0.5) is 0 Å². The molecule has 2 aromatic carbocycles. The van der Waals surface area contributed by atoms with Gasteiger partial charge < -0.3 is 4.90 Å². The number of thiophene rings is 1. The Labute approximate surface area is 219 Å². The van der Waals surface area contributed by atoms with E-state index in [1.807, 2.05) is 42.2 Å². The average Bonchev–Trinajstić information content (AvgIpc) is 3.32. The van der Waals surface area contributed by atoms with E-state index in [9.17, 15) is 13.2 Å². The molecule has 1 aliphatic heterocycles. The smallest absolute Gasteiger partial charge is 0.238 e. The molecule has 0 N–H and O–H groups in total. The molecule has 0 bridgehead atoms. The van der Waals surface area contributed by atoms with Crippen LogP contribution in [0.15, 0.2) is 66.0 Å². The highest BCUT2D eigenvalue weighted by atomic mass is 32.2. The second-order valence-electron chi connectivity index (χ2n) is 10.5. The highest BCUT2D eigenvalue weighted by Gasteiger charge is 2.35. The zero-order valence-corrected chi connectivity index (χ0v) is 23.2. The van der Waals surface area contributed by atoms with Crippen molar-refractivity contribution in [3.63, 3.8) is 0 Å². The van der Waals surface area contributed by atoms with Crippen LogP contribution >= 0.6 is 11.3 Å². The molecule has 2 heterocycles. The Morgan fingerprint density at radius 1 is 1.06 bits per heavy atom. The van der Waals surface area contributed by atoms with E-state index < -0.39 is 10.0 Å². The summed E-state index contributed by atoms with van der Waals surface area (Å²) in [6.45, 7) is 9.27. The molecule has 192 valence electrons. The lowest BCUT2D eigenvalue weighted by molar-refractivity contribution is -0.133. The first-order chi connectivity index (χ1) is 17.1. The van der Waals surface area contributed by atoms with E-state index in [1.165, 1.54) is 14.7 Å². The number of carbonyl (C=O) groups is 1. The lowest BCUT2D eigenvalue weighted by Crippen LogP contribution is -2.47. The molecule has 0 aliphatic carbocycles. The van der Waals surface area contributed by atoms with Crippen LogP contribution in [0, 0.1) is 0 Å². The first-order valence-electron chi connectivity index (χ1n) is 12.6. The molecule has 4 rings (SSSR count). The summed E-state index contributed by atoms with van der Waals surface area (Å²) < 4.78 is 28.0. The molecule has 0 spiro atoms. The third-order valence-electron chi connectivity index (χ3n) is 6.75. The van der Waals surface area contributed by atoms with Crippen molar-refractivity contribution in [3.05, 3.63) is 93.2 Å². The summed E-state index contributed by atoms with van der Waals surface area (Å²) >= 11 is 1.73. The van der Waals surface area contributed by atoms with Crippen molar-refractivity contribution in [2.45, 2.75) is 57.7 Å². The van der Waals surface area contributed by atoms with Crippen LogP contribution < -0.4 is 0 Å². The largest absolute Gasteiger partial charge is 0.330 e. The van der Waals surface area contributed by atoms with E-state index in [4.69, 9.17) is 0 Å². The number of nitrogens with zero attached hydrogens (tertiary/aromatic N) is 2. The lowest BCUT2D eigenvalue weighted by Gasteiger charge is -2.37. The molecule has 0 fully saturated rings. The van der Waals surface area contributed by atoms with E-state index >= 15 is 0 Å². The van der Waals surface area contributed by atoms with E-state index in [1.54, 1.807) is 11.3 Å². The number of carbonyl (C=O) groups excluding carboxylic acids is 1. The van der Waals surface area contributed by atoms with Gasteiger partial charge in [-0.2, -0.15) is 4.31 Å². The number of sulfonamides is 1. The minimum absolute atomic E-state index is 0.0436. The van der Waals surface area contributed by atoms with Gasteiger partial charge in [0, 0.05) is 18.0 Å². The van der Waals surface area contributed by atoms with Crippen LogP contribution in [0.25, 0.3) is 0 Å². The summed E-state index contributed by atoms with van der Waals surface area (Å²) in [6.07, 6.45) is 1.44. The predicted octanol–water partition coefficient (Wildman–Crippen LogP) is 5.76. The maximum Gasteiger partial charge on any atom is 0.238 e. The molecule has 1 unspecified atom stereocenters. The molecule has 1 aliphatic rings. The van der Waals surface area contributed by atoms with Crippen LogP contribution in [-0.4, -0.2) is 43.2 Å². The maximum atomic E-state index is 13.7. The molecule has 1 amide bonds. The average molecular weight is 525 g/mol. The van der Waals surface area contributed by atoms with Crippen molar-refractivity contribution in [3.8, 4) is 0 Å². The van der Waals surface area contributed by atoms with Crippen LogP contribution in [0.2, 0.25) is 0 Å². The minimum atomic E-state index is -3.64. The van der Waals surface area contributed by atoms with Gasteiger partial charge in [0.05, 0.1) is 18.3 Å². The van der Waals surface area contributed by atoms with Gasteiger partial charge in [0.25, 0.3) is 0 Å². The van der Waals surface area contributed by atoms with Crippen molar-refractivity contribution in [1.29, 1.82) is 0 Å². The fourth-order valence-corrected chi connectivity index (χ4v) is 7.26. The summed E-state index contributed by atoms with van der Waals surface area (Å²) in [5.41, 5.74) is 4.22. The third kappa shape index (κ3) is 5.90. The zero-order chi connectivity index (χ0) is 25.9. The van der Waals surface area contributed by atoms with Gasteiger partial charge in [-0.3, -0.25) is 4.79 Å². The summed E-state index contributed by atoms with van der Waals surface area (Å²) in [5, 5.41) is 2.09. The molecular weight excluding hydrogens is 488 g/mol. The fraction of sp³-hybridized carbons (Fsp3) is 0.414. The van der Waals surface area contributed by atoms with Crippen LogP contribution in [0.5, 0.6) is 0 Å². The van der Waals surface area contributed by atoms with E-state index in [0.29, 0.717) is 19.5 Å². The van der Waals surface area contributed by atoms with Crippen molar-refractivity contribution < 1.29 is 13.2 Å².